The number of nitrogens with one attached hydrogen (secondary N) is 1. The van der Waals surface area contributed by atoms with Crippen molar-refractivity contribution in [2.24, 2.45) is 5.92 Å². The molecule has 132 valence electrons. The molecule has 1 N–H and O–H groups in total. The Morgan fingerprint density at radius 1 is 1.24 bits per heavy atom. The molecule has 25 heavy (non-hydrogen) atoms. The van der Waals surface area contributed by atoms with Crippen LogP contribution in [0, 0.1) is 33.6 Å². The van der Waals surface area contributed by atoms with Gasteiger partial charge in [-0.15, -0.1) is 0 Å². The molecule has 1 amide bonds. The molecule has 0 radical (unpaired) electrons. The van der Waals surface area contributed by atoms with Crippen molar-refractivity contribution in [3.63, 3.8) is 0 Å². The van der Waals surface area contributed by atoms with E-state index in [4.69, 9.17) is 0 Å². The van der Waals surface area contributed by atoms with Gasteiger partial charge in [0.25, 0.3) is 0 Å². The molecule has 1 aliphatic heterocycles. The first-order chi connectivity index (χ1) is 12.0. The number of amides is 1. The van der Waals surface area contributed by atoms with Crippen LogP contribution < -0.4 is 10.2 Å². The third-order valence-electron chi connectivity index (χ3n) is 4.82. The fourth-order valence-electron chi connectivity index (χ4n) is 3.28. The topological polar surface area (TPSA) is 71.0 Å². The van der Waals surface area contributed by atoms with Crippen LogP contribution in [0.15, 0.2) is 18.3 Å². The zero-order chi connectivity index (χ0) is 18.0. The van der Waals surface area contributed by atoms with Gasteiger partial charge in [0.1, 0.15) is 17.5 Å². The van der Waals surface area contributed by atoms with Crippen LogP contribution in [-0.4, -0.2) is 33.9 Å². The van der Waals surface area contributed by atoms with Gasteiger partial charge in [0, 0.05) is 30.5 Å². The van der Waals surface area contributed by atoms with Crippen LogP contribution in [0.3, 0.4) is 0 Å². The molecule has 2 aromatic rings. The Morgan fingerprint density at radius 3 is 2.80 bits per heavy atom. The van der Waals surface area contributed by atoms with E-state index in [0.29, 0.717) is 12.4 Å². The minimum atomic E-state index is -0.0647. The van der Waals surface area contributed by atoms with Crippen molar-refractivity contribution < 1.29 is 4.79 Å². The molecule has 1 aliphatic rings. The number of carbonyl (C=O) groups is 1. The fourth-order valence-corrected chi connectivity index (χ4v) is 3.28. The van der Waals surface area contributed by atoms with E-state index < -0.39 is 0 Å². The summed E-state index contributed by atoms with van der Waals surface area (Å²) in [5, 5.41) is 2.98. The quantitative estimate of drug-likeness (QED) is 0.931. The fraction of sp³-hybridized carbons (Fsp3) is 0.474. The molecular weight excluding hydrogens is 314 g/mol. The molecule has 6 nitrogen and oxygen atoms in total. The predicted octanol–water partition coefficient (Wildman–Crippen LogP) is 2.96. The molecule has 0 unspecified atom stereocenters. The Morgan fingerprint density at radius 2 is 2.04 bits per heavy atom. The second-order valence-corrected chi connectivity index (χ2v) is 6.75. The summed E-state index contributed by atoms with van der Waals surface area (Å²) < 4.78 is 0. The van der Waals surface area contributed by atoms with Crippen LogP contribution in [-0.2, 0) is 4.79 Å². The van der Waals surface area contributed by atoms with E-state index in [1.54, 1.807) is 6.20 Å². The standard InChI is InChI=1S/C19H25N5O/c1-12-7-5-9-20-17(12)23-19(25)16-8-6-10-24(11-16)18-13(2)14(3)21-15(4)22-18/h5,7,9,16H,6,8,10-11H2,1-4H3,(H,20,23,25)/t16-/m0/s1. The lowest BCUT2D eigenvalue weighted by Gasteiger charge is -2.34. The number of anilines is 2. The summed E-state index contributed by atoms with van der Waals surface area (Å²) in [6.07, 6.45) is 3.56. The van der Waals surface area contributed by atoms with Gasteiger partial charge < -0.3 is 10.2 Å². The van der Waals surface area contributed by atoms with Gasteiger partial charge in [0.05, 0.1) is 5.92 Å². The summed E-state index contributed by atoms with van der Waals surface area (Å²) in [4.78, 5) is 28.2. The smallest absolute Gasteiger partial charge is 0.230 e. The molecule has 0 bridgehead atoms. The average molecular weight is 339 g/mol. The largest absolute Gasteiger partial charge is 0.355 e. The number of rotatable bonds is 3. The summed E-state index contributed by atoms with van der Waals surface area (Å²) in [5.74, 6) is 2.34. The summed E-state index contributed by atoms with van der Waals surface area (Å²) in [7, 11) is 0. The van der Waals surface area contributed by atoms with E-state index in [0.717, 1.165) is 47.8 Å². The second-order valence-electron chi connectivity index (χ2n) is 6.75. The van der Waals surface area contributed by atoms with Crippen molar-refractivity contribution in [2.75, 3.05) is 23.3 Å². The van der Waals surface area contributed by atoms with Gasteiger partial charge in [0.15, 0.2) is 0 Å². The number of carbonyl (C=O) groups excluding carboxylic acids is 1. The van der Waals surface area contributed by atoms with E-state index in [2.05, 4.69) is 25.2 Å². The molecule has 0 aromatic carbocycles. The van der Waals surface area contributed by atoms with Crippen molar-refractivity contribution >= 4 is 17.5 Å². The van der Waals surface area contributed by atoms with Crippen molar-refractivity contribution in [3.05, 3.63) is 41.0 Å². The third-order valence-corrected chi connectivity index (χ3v) is 4.82. The molecule has 1 saturated heterocycles. The van der Waals surface area contributed by atoms with E-state index in [1.807, 2.05) is 39.8 Å². The number of aromatic nitrogens is 3. The van der Waals surface area contributed by atoms with Crippen molar-refractivity contribution in [2.45, 2.75) is 40.5 Å². The van der Waals surface area contributed by atoms with Crippen molar-refractivity contribution in [1.29, 1.82) is 0 Å². The lowest BCUT2D eigenvalue weighted by atomic mass is 9.96. The van der Waals surface area contributed by atoms with Gasteiger partial charge in [-0.1, -0.05) is 6.07 Å². The summed E-state index contributed by atoms with van der Waals surface area (Å²) >= 11 is 0. The number of nitrogens with zero attached hydrogens (tertiary/aromatic N) is 4. The van der Waals surface area contributed by atoms with Crippen LogP contribution >= 0.6 is 0 Å². The van der Waals surface area contributed by atoms with Gasteiger partial charge in [-0.3, -0.25) is 4.79 Å². The van der Waals surface area contributed by atoms with Gasteiger partial charge in [-0.25, -0.2) is 15.0 Å². The summed E-state index contributed by atoms with van der Waals surface area (Å²) in [6, 6.07) is 3.82. The Kier molecular flexibility index (Phi) is 4.97. The van der Waals surface area contributed by atoms with Gasteiger partial charge in [0.2, 0.25) is 5.91 Å². The molecule has 1 atom stereocenters. The zero-order valence-corrected chi connectivity index (χ0v) is 15.3. The Hall–Kier alpha value is -2.50. The van der Waals surface area contributed by atoms with Crippen molar-refractivity contribution in [1.82, 2.24) is 15.0 Å². The minimum absolute atomic E-state index is 0.0339. The van der Waals surface area contributed by atoms with E-state index >= 15 is 0 Å². The van der Waals surface area contributed by atoms with Crippen LogP contribution in [0.5, 0.6) is 0 Å². The van der Waals surface area contributed by atoms with Crippen LogP contribution in [0.25, 0.3) is 0 Å². The molecule has 0 aliphatic carbocycles. The molecule has 0 saturated carbocycles. The minimum Gasteiger partial charge on any atom is -0.355 e. The number of pyridine rings is 1. The lowest BCUT2D eigenvalue weighted by Crippen LogP contribution is -2.41. The molecule has 0 spiro atoms. The third kappa shape index (κ3) is 3.78. The first-order valence-corrected chi connectivity index (χ1v) is 8.75. The number of hydrogen-bond donors (Lipinski definition) is 1. The Labute approximate surface area is 148 Å². The maximum absolute atomic E-state index is 12.7. The highest BCUT2D eigenvalue weighted by molar-refractivity contribution is 5.92. The zero-order valence-electron chi connectivity index (χ0n) is 15.3. The SMILES string of the molecule is Cc1nc(C)c(C)c(N2CCC[C@H](C(=O)Nc3ncccc3C)C2)n1. The monoisotopic (exact) mass is 339 g/mol. The van der Waals surface area contributed by atoms with E-state index in [9.17, 15) is 4.79 Å². The van der Waals surface area contributed by atoms with Gasteiger partial charge in [-0.2, -0.15) is 0 Å². The maximum atomic E-state index is 12.7. The Balaban J connectivity index is 1.75. The van der Waals surface area contributed by atoms with Crippen molar-refractivity contribution in [3.8, 4) is 0 Å². The van der Waals surface area contributed by atoms with Crippen LogP contribution in [0.1, 0.15) is 35.5 Å². The molecule has 6 heteroatoms. The normalized spacial score (nSPS) is 17.4. The first kappa shape index (κ1) is 17.3. The highest BCUT2D eigenvalue weighted by Gasteiger charge is 2.28. The van der Waals surface area contributed by atoms with Gasteiger partial charge >= 0.3 is 0 Å². The number of aryl methyl sites for hydroxylation is 3. The van der Waals surface area contributed by atoms with Crippen LogP contribution in [0.4, 0.5) is 11.6 Å². The highest BCUT2D eigenvalue weighted by Crippen LogP contribution is 2.26. The molecular formula is C19H25N5O. The van der Waals surface area contributed by atoms with E-state index in [1.165, 1.54) is 0 Å². The number of hydrogen-bond acceptors (Lipinski definition) is 5. The molecule has 2 aromatic heterocycles. The first-order valence-electron chi connectivity index (χ1n) is 8.75. The molecule has 3 rings (SSSR count). The number of piperidine rings is 1. The summed E-state index contributed by atoms with van der Waals surface area (Å²) in [5.41, 5.74) is 3.06. The average Bonchev–Trinajstić information content (AvgIpc) is 2.60. The predicted molar refractivity (Wildman–Crippen MR) is 98.8 cm³/mol. The van der Waals surface area contributed by atoms with Crippen LogP contribution in [0.2, 0.25) is 0 Å². The van der Waals surface area contributed by atoms with Gasteiger partial charge in [-0.05, 0) is 52.2 Å². The van der Waals surface area contributed by atoms with E-state index in [-0.39, 0.29) is 11.8 Å². The Bertz CT molecular complexity index is 789. The molecule has 1 fully saturated rings. The lowest BCUT2D eigenvalue weighted by molar-refractivity contribution is -0.120. The summed E-state index contributed by atoms with van der Waals surface area (Å²) in [6.45, 7) is 9.51. The molecule has 3 heterocycles. The maximum Gasteiger partial charge on any atom is 0.230 e. The second kappa shape index (κ2) is 7.17. The highest BCUT2D eigenvalue weighted by atomic mass is 16.2.